The first kappa shape index (κ1) is 26.0. The summed E-state index contributed by atoms with van der Waals surface area (Å²) in [7, 11) is 0. The van der Waals surface area contributed by atoms with E-state index in [1.165, 1.54) is 11.8 Å². The summed E-state index contributed by atoms with van der Waals surface area (Å²) >= 11 is 7.72. The fraction of sp³-hybridized carbons (Fsp3) is 0.0909. The van der Waals surface area contributed by atoms with Crippen molar-refractivity contribution in [1.29, 1.82) is 0 Å². The van der Waals surface area contributed by atoms with Crippen molar-refractivity contribution in [3.05, 3.63) is 154 Å². The topological polar surface area (TPSA) is 60.1 Å². The van der Waals surface area contributed by atoms with Crippen LogP contribution in [0.2, 0.25) is 0 Å². The van der Waals surface area contributed by atoms with Crippen LogP contribution in [0.15, 0.2) is 142 Å². The largest absolute Gasteiger partial charge is 0.301 e. The number of hydrogen-bond acceptors (Lipinski definition) is 4. The van der Waals surface area contributed by atoms with Gasteiger partial charge >= 0.3 is 0 Å². The van der Waals surface area contributed by atoms with Crippen LogP contribution in [0.4, 0.5) is 0 Å². The molecule has 0 saturated heterocycles. The van der Waals surface area contributed by atoms with E-state index in [4.69, 9.17) is 16.7 Å². The number of dihydropyridines is 1. The van der Waals surface area contributed by atoms with Crippen molar-refractivity contribution in [1.82, 2.24) is 14.8 Å². The SMILES string of the molecule is C=CCn1c(SC2=C(c3ccccc3)C3C=C(Cl)C=CC3=NC2=O)nnc1C(c1ccccc1)c1ccccc1. The monoisotopic (exact) mass is 560 g/mol. The highest BCUT2D eigenvalue weighted by Gasteiger charge is 2.34. The lowest BCUT2D eigenvalue weighted by molar-refractivity contribution is -0.113. The zero-order chi connectivity index (χ0) is 27.5. The molecule has 0 saturated carbocycles. The molecule has 5 nitrogen and oxygen atoms in total. The van der Waals surface area contributed by atoms with Crippen molar-refractivity contribution in [3.8, 4) is 0 Å². The summed E-state index contributed by atoms with van der Waals surface area (Å²) in [4.78, 5) is 18.5. The molecule has 0 spiro atoms. The molecule has 1 unspecified atom stereocenters. The Morgan fingerprint density at radius 3 is 2.15 bits per heavy atom. The molecule has 1 aromatic heterocycles. The van der Waals surface area contributed by atoms with E-state index in [1.54, 1.807) is 6.08 Å². The summed E-state index contributed by atoms with van der Waals surface area (Å²) in [6.45, 7) is 4.47. The van der Waals surface area contributed by atoms with Gasteiger partial charge < -0.3 is 4.57 Å². The average molecular weight is 561 g/mol. The van der Waals surface area contributed by atoms with Gasteiger partial charge in [-0.15, -0.1) is 16.8 Å². The number of amides is 1. The fourth-order valence-electron chi connectivity index (χ4n) is 5.12. The van der Waals surface area contributed by atoms with Crippen molar-refractivity contribution in [2.45, 2.75) is 17.6 Å². The van der Waals surface area contributed by atoms with Gasteiger partial charge in [0.05, 0.1) is 16.5 Å². The molecule has 1 aliphatic heterocycles. The van der Waals surface area contributed by atoms with Gasteiger partial charge in [-0.2, -0.15) is 0 Å². The second-order valence-corrected chi connectivity index (χ2v) is 10.8. The Bertz CT molecular complexity index is 1650. The van der Waals surface area contributed by atoms with Crippen molar-refractivity contribution in [2.24, 2.45) is 10.9 Å². The molecule has 196 valence electrons. The number of benzene rings is 3. The molecule has 0 fully saturated rings. The van der Waals surface area contributed by atoms with Crippen LogP contribution in [-0.4, -0.2) is 26.4 Å². The predicted octanol–water partition coefficient (Wildman–Crippen LogP) is 7.44. The number of carbonyl (C=O) groups excluding carboxylic acids is 1. The molecule has 1 aliphatic carbocycles. The lowest BCUT2D eigenvalue weighted by Crippen LogP contribution is -2.24. The zero-order valence-electron chi connectivity index (χ0n) is 21.5. The Labute approximate surface area is 242 Å². The van der Waals surface area contributed by atoms with Crippen LogP contribution in [0.3, 0.4) is 0 Å². The molecular formula is C33H25ClN4OS. The molecular weight excluding hydrogens is 536 g/mol. The van der Waals surface area contributed by atoms with Crippen LogP contribution in [0, 0.1) is 5.92 Å². The molecule has 6 rings (SSSR count). The van der Waals surface area contributed by atoms with E-state index < -0.39 is 0 Å². The number of thioether (sulfide) groups is 1. The third-order valence-electron chi connectivity index (χ3n) is 6.90. The van der Waals surface area contributed by atoms with E-state index in [9.17, 15) is 4.79 Å². The second-order valence-electron chi connectivity index (χ2n) is 9.41. The van der Waals surface area contributed by atoms with Crippen molar-refractivity contribution >= 4 is 40.6 Å². The number of hydrogen-bond donors (Lipinski definition) is 0. The summed E-state index contributed by atoms with van der Waals surface area (Å²) in [6.07, 6.45) is 7.35. The van der Waals surface area contributed by atoms with Crippen molar-refractivity contribution in [3.63, 3.8) is 0 Å². The Hall–Kier alpha value is -4.26. The quantitative estimate of drug-likeness (QED) is 0.210. The Morgan fingerprint density at radius 1 is 0.900 bits per heavy atom. The molecule has 1 atom stereocenters. The van der Waals surface area contributed by atoms with Gasteiger partial charge in [0.1, 0.15) is 5.82 Å². The number of aliphatic imine (C=N–C) groups is 1. The Kier molecular flexibility index (Phi) is 7.45. The lowest BCUT2D eigenvalue weighted by Gasteiger charge is -2.26. The Morgan fingerprint density at radius 2 is 1.52 bits per heavy atom. The van der Waals surface area contributed by atoms with Crippen LogP contribution >= 0.6 is 23.4 Å². The Balaban J connectivity index is 1.49. The van der Waals surface area contributed by atoms with Gasteiger partial charge in [-0.3, -0.25) is 4.79 Å². The molecule has 40 heavy (non-hydrogen) atoms. The molecule has 1 amide bonds. The minimum atomic E-state index is -0.302. The third kappa shape index (κ3) is 5.04. The van der Waals surface area contributed by atoms with Crippen LogP contribution < -0.4 is 0 Å². The number of nitrogens with zero attached hydrogens (tertiary/aromatic N) is 4. The lowest BCUT2D eigenvalue weighted by atomic mass is 9.84. The predicted molar refractivity (Wildman–Crippen MR) is 162 cm³/mol. The first-order chi connectivity index (χ1) is 19.6. The van der Waals surface area contributed by atoms with Gasteiger partial charge in [-0.1, -0.05) is 115 Å². The number of rotatable bonds is 8. The molecule has 0 bridgehead atoms. The van der Waals surface area contributed by atoms with Crippen LogP contribution in [0.25, 0.3) is 5.57 Å². The van der Waals surface area contributed by atoms with Crippen LogP contribution in [0.5, 0.6) is 0 Å². The maximum Gasteiger partial charge on any atom is 0.284 e. The first-order valence-corrected chi connectivity index (χ1v) is 14.1. The molecule has 2 heterocycles. The van der Waals surface area contributed by atoms with E-state index in [-0.39, 0.29) is 17.7 Å². The number of halogens is 1. The summed E-state index contributed by atoms with van der Waals surface area (Å²) in [5, 5.41) is 10.5. The molecule has 7 heteroatoms. The highest BCUT2D eigenvalue weighted by atomic mass is 35.5. The number of carbonyl (C=O) groups is 1. The van der Waals surface area contributed by atoms with Gasteiger partial charge in [-0.05, 0) is 46.2 Å². The second kappa shape index (κ2) is 11.5. The highest BCUT2D eigenvalue weighted by molar-refractivity contribution is 8.04. The average Bonchev–Trinajstić information content (AvgIpc) is 3.37. The van der Waals surface area contributed by atoms with Crippen LogP contribution in [-0.2, 0) is 11.3 Å². The maximum atomic E-state index is 13.5. The van der Waals surface area contributed by atoms with Gasteiger partial charge in [0.2, 0.25) is 0 Å². The van der Waals surface area contributed by atoms with Gasteiger partial charge in [0.25, 0.3) is 5.91 Å². The van der Waals surface area contributed by atoms with E-state index in [1.807, 2.05) is 89.5 Å². The smallest absolute Gasteiger partial charge is 0.284 e. The van der Waals surface area contributed by atoms with Gasteiger partial charge in [0.15, 0.2) is 5.16 Å². The first-order valence-electron chi connectivity index (χ1n) is 12.9. The van der Waals surface area contributed by atoms with Gasteiger partial charge in [-0.25, -0.2) is 4.99 Å². The van der Waals surface area contributed by atoms with Gasteiger partial charge in [0, 0.05) is 17.5 Å². The molecule has 0 radical (unpaired) electrons. The summed E-state index contributed by atoms with van der Waals surface area (Å²) in [6, 6.07) is 30.4. The minimum absolute atomic E-state index is 0.149. The molecule has 3 aromatic carbocycles. The van der Waals surface area contributed by atoms with E-state index in [0.29, 0.717) is 27.4 Å². The molecule has 2 aliphatic rings. The van der Waals surface area contributed by atoms with Crippen molar-refractivity contribution < 1.29 is 4.79 Å². The number of aromatic nitrogens is 3. The fourth-order valence-corrected chi connectivity index (χ4v) is 6.34. The van der Waals surface area contributed by atoms with E-state index >= 15 is 0 Å². The zero-order valence-corrected chi connectivity index (χ0v) is 23.1. The summed E-state index contributed by atoms with van der Waals surface area (Å²) < 4.78 is 2.04. The van der Waals surface area contributed by atoms with Crippen molar-refractivity contribution in [2.75, 3.05) is 0 Å². The summed E-state index contributed by atoms with van der Waals surface area (Å²) in [5.41, 5.74) is 4.68. The molecule has 4 aromatic rings. The normalized spacial score (nSPS) is 16.6. The third-order valence-corrected chi connectivity index (χ3v) is 8.23. The molecule has 0 N–H and O–H groups in total. The van der Waals surface area contributed by atoms with Crippen LogP contribution in [0.1, 0.15) is 28.4 Å². The highest BCUT2D eigenvalue weighted by Crippen LogP contribution is 2.43. The summed E-state index contributed by atoms with van der Waals surface area (Å²) in [5.74, 6) is 0.0848. The number of fused-ring (bicyclic) bond motifs is 1. The maximum absolute atomic E-state index is 13.5. The minimum Gasteiger partial charge on any atom is -0.301 e. The van der Waals surface area contributed by atoms with E-state index in [0.717, 1.165) is 28.1 Å². The number of allylic oxidation sites excluding steroid dienone is 6. The standard InChI is InChI=1S/C33H25ClN4OS/c1-2-20-38-31(28(22-12-6-3-7-13-22)23-14-8-4-9-15-23)36-37-33(38)40-30-29(24-16-10-5-11-17-24)26-21-25(34)18-19-27(26)35-32(30)39/h2-19,21,26,28H,1,20H2. The van der Waals surface area contributed by atoms with E-state index in [2.05, 4.69) is 40.9 Å².